The van der Waals surface area contributed by atoms with Gasteiger partial charge in [0.15, 0.2) is 0 Å². The number of likely N-dealkylation sites (tertiary alicyclic amines) is 1. The summed E-state index contributed by atoms with van der Waals surface area (Å²) in [6.45, 7) is 1.80. The van der Waals surface area contributed by atoms with Gasteiger partial charge in [-0.2, -0.15) is 0 Å². The summed E-state index contributed by atoms with van der Waals surface area (Å²) in [7, 11) is 0. The van der Waals surface area contributed by atoms with Crippen molar-refractivity contribution in [3.63, 3.8) is 0 Å². The zero-order valence-electron chi connectivity index (χ0n) is 10.1. The van der Waals surface area contributed by atoms with E-state index in [9.17, 15) is 10.2 Å². The van der Waals surface area contributed by atoms with Crippen LogP contribution in [0.3, 0.4) is 0 Å². The molecule has 1 aromatic rings. The normalized spacial score (nSPS) is 23.5. The number of aliphatic hydroxyl groups excluding tert-OH is 2. The molecule has 94 valence electrons. The van der Waals surface area contributed by atoms with Crippen LogP contribution in [0.4, 0.5) is 0 Å². The molecule has 0 aromatic heterocycles. The van der Waals surface area contributed by atoms with Crippen molar-refractivity contribution in [1.29, 1.82) is 0 Å². The average Bonchev–Trinajstić information content (AvgIpc) is 2.40. The maximum Gasteiger partial charge on any atom is 0.0917 e. The molecule has 1 aliphatic heterocycles. The molecule has 0 bridgehead atoms. The predicted molar refractivity (Wildman–Crippen MR) is 67.7 cm³/mol. The Morgan fingerprint density at radius 1 is 1.24 bits per heavy atom. The fourth-order valence-corrected chi connectivity index (χ4v) is 2.51. The highest BCUT2D eigenvalue weighted by atomic mass is 16.3. The predicted octanol–water partition coefficient (Wildman–Crippen LogP) is 1.57. The van der Waals surface area contributed by atoms with Crippen molar-refractivity contribution in [2.45, 2.75) is 31.4 Å². The smallest absolute Gasteiger partial charge is 0.0917 e. The van der Waals surface area contributed by atoms with Gasteiger partial charge < -0.3 is 10.2 Å². The minimum Gasteiger partial charge on any atom is -0.395 e. The van der Waals surface area contributed by atoms with Crippen LogP contribution < -0.4 is 0 Å². The molecule has 0 saturated carbocycles. The van der Waals surface area contributed by atoms with Gasteiger partial charge >= 0.3 is 0 Å². The summed E-state index contributed by atoms with van der Waals surface area (Å²) in [5.74, 6) is 0. The second kappa shape index (κ2) is 6.15. The Bertz CT molecular complexity index is 328. The van der Waals surface area contributed by atoms with Crippen molar-refractivity contribution >= 4 is 0 Å². The lowest BCUT2D eigenvalue weighted by atomic mass is 10.0. The molecule has 0 aliphatic carbocycles. The Kier molecular flexibility index (Phi) is 4.54. The number of β-amino-alcohol motifs (C(OH)–C–C–N with tert-alkyl or cyclic N) is 1. The summed E-state index contributed by atoms with van der Waals surface area (Å²) in [6.07, 6.45) is 2.93. The molecule has 1 aliphatic rings. The van der Waals surface area contributed by atoms with Gasteiger partial charge in [0.05, 0.1) is 12.7 Å². The highest BCUT2D eigenvalue weighted by Gasteiger charge is 2.23. The number of hydrogen-bond donors (Lipinski definition) is 2. The molecule has 0 unspecified atom stereocenters. The van der Waals surface area contributed by atoms with Gasteiger partial charge in [-0.05, 0) is 24.9 Å². The Hall–Kier alpha value is -0.900. The first-order valence-corrected chi connectivity index (χ1v) is 6.39. The molecule has 0 radical (unpaired) electrons. The molecule has 2 N–H and O–H groups in total. The Morgan fingerprint density at radius 2 is 2.00 bits per heavy atom. The molecule has 1 fully saturated rings. The fraction of sp³-hybridized carbons (Fsp3) is 0.571. The Morgan fingerprint density at radius 3 is 2.71 bits per heavy atom. The maximum absolute atomic E-state index is 10.2. The lowest BCUT2D eigenvalue weighted by Crippen LogP contribution is -2.43. The van der Waals surface area contributed by atoms with Crippen molar-refractivity contribution < 1.29 is 10.2 Å². The molecule has 3 nitrogen and oxygen atoms in total. The van der Waals surface area contributed by atoms with Crippen molar-refractivity contribution in [3.8, 4) is 0 Å². The number of benzene rings is 1. The molecule has 0 amide bonds. The van der Waals surface area contributed by atoms with Crippen LogP contribution in [0, 0.1) is 0 Å². The fourth-order valence-electron chi connectivity index (χ4n) is 2.51. The van der Waals surface area contributed by atoms with Gasteiger partial charge in [0.25, 0.3) is 0 Å². The van der Waals surface area contributed by atoms with Crippen LogP contribution >= 0.6 is 0 Å². The summed E-state index contributed by atoms with van der Waals surface area (Å²) < 4.78 is 0. The third-order valence-electron chi connectivity index (χ3n) is 3.55. The summed E-state index contributed by atoms with van der Waals surface area (Å²) >= 11 is 0. The number of piperidine rings is 1. The van der Waals surface area contributed by atoms with E-state index in [1.807, 2.05) is 30.3 Å². The van der Waals surface area contributed by atoms with Gasteiger partial charge in [0, 0.05) is 12.6 Å². The molecule has 0 spiro atoms. The summed E-state index contributed by atoms with van der Waals surface area (Å²) in [6, 6.07) is 9.96. The molecule has 1 saturated heterocycles. The zero-order chi connectivity index (χ0) is 12.1. The first kappa shape index (κ1) is 12.6. The molecule has 1 heterocycles. The van der Waals surface area contributed by atoms with Gasteiger partial charge in [0.2, 0.25) is 0 Å². The van der Waals surface area contributed by atoms with Gasteiger partial charge in [-0.3, -0.25) is 4.90 Å². The molecule has 2 rings (SSSR count). The molecular weight excluding hydrogens is 214 g/mol. The van der Waals surface area contributed by atoms with Crippen molar-refractivity contribution in [2.75, 3.05) is 19.7 Å². The second-order valence-electron chi connectivity index (χ2n) is 4.75. The van der Waals surface area contributed by atoms with E-state index in [1.54, 1.807) is 0 Å². The van der Waals surface area contributed by atoms with Crippen LogP contribution in [-0.2, 0) is 0 Å². The number of aliphatic hydroxyl groups is 2. The quantitative estimate of drug-likeness (QED) is 0.832. The SMILES string of the molecule is OC[C@H]1CCCCN1C[C@H](O)c1ccccc1. The van der Waals surface area contributed by atoms with Crippen LogP contribution in [0.5, 0.6) is 0 Å². The molecule has 17 heavy (non-hydrogen) atoms. The third kappa shape index (κ3) is 3.28. The highest BCUT2D eigenvalue weighted by Crippen LogP contribution is 2.21. The van der Waals surface area contributed by atoms with E-state index in [0.29, 0.717) is 6.54 Å². The van der Waals surface area contributed by atoms with Gasteiger partial charge in [0.1, 0.15) is 0 Å². The van der Waals surface area contributed by atoms with Crippen molar-refractivity contribution in [1.82, 2.24) is 4.90 Å². The summed E-state index contributed by atoms with van der Waals surface area (Å²) in [5.41, 5.74) is 0.953. The van der Waals surface area contributed by atoms with Crippen LogP contribution in [0.1, 0.15) is 30.9 Å². The number of rotatable bonds is 4. The minimum absolute atomic E-state index is 0.196. The van der Waals surface area contributed by atoms with E-state index in [4.69, 9.17) is 0 Å². The average molecular weight is 235 g/mol. The van der Waals surface area contributed by atoms with E-state index in [-0.39, 0.29) is 12.6 Å². The first-order chi connectivity index (χ1) is 8.31. The third-order valence-corrected chi connectivity index (χ3v) is 3.55. The topological polar surface area (TPSA) is 43.7 Å². The number of hydrogen-bond acceptors (Lipinski definition) is 3. The Balaban J connectivity index is 1.95. The molecule has 3 heteroatoms. The van der Waals surface area contributed by atoms with E-state index >= 15 is 0 Å². The maximum atomic E-state index is 10.2. The van der Waals surface area contributed by atoms with E-state index < -0.39 is 6.10 Å². The lowest BCUT2D eigenvalue weighted by molar-refractivity contribution is 0.0417. The van der Waals surface area contributed by atoms with Crippen LogP contribution in [-0.4, -0.2) is 40.9 Å². The highest BCUT2D eigenvalue weighted by molar-refractivity contribution is 5.17. The number of nitrogens with zero attached hydrogens (tertiary/aromatic N) is 1. The van der Waals surface area contributed by atoms with Crippen LogP contribution in [0.2, 0.25) is 0 Å². The van der Waals surface area contributed by atoms with E-state index in [1.165, 1.54) is 6.42 Å². The first-order valence-electron chi connectivity index (χ1n) is 6.39. The van der Waals surface area contributed by atoms with Crippen molar-refractivity contribution in [3.05, 3.63) is 35.9 Å². The van der Waals surface area contributed by atoms with Crippen molar-refractivity contribution in [2.24, 2.45) is 0 Å². The van der Waals surface area contributed by atoms with Gasteiger partial charge in [-0.15, -0.1) is 0 Å². The van der Waals surface area contributed by atoms with Gasteiger partial charge in [-0.25, -0.2) is 0 Å². The van der Waals surface area contributed by atoms with E-state index in [0.717, 1.165) is 24.9 Å². The lowest BCUT2D eigenvalue weighted by Gasteiger charge is -2.35. The largest absolute Gasteiger partial charge is 0.395 e. The second-order valence-corrected chi connectivity index (χ2v) is 4.75. The van der Waals surface area contributed by atoms with Crippen LogP contribution in [0.25, 0.3) is 0 Å². The zero-order valence-corrected chi connectivity index (χ0v) is 10.1. The minimum atomic E-state index is -0.455. The monoisotopic (exact) mass is 235 g/mol. The van der Waals surface area contributed by atoms with Gasteiger partial charge in [-0.1, -0.05) is 36.8 Å². The Labute approximate surface area is 103 Å². The molecule has 1 aromatic carbocycles. The van der Waals surface area contributed by atoms with Crippen LogP contribution in [0.15, 0.2) is 30.3 Å². The summed E-state index contributed by atoms with van der Waals surface area (Å²) in [5, 5.41) is 19.5. The summed E-state index contributed by atoms with van der Waals surface area (Å²) in [4.78, 5) is 2.21. The molecular formula is C14H21NO2. The molecule has 2 atom stereocenters. The van der Waals surface area contributed by atoms with E-state index in [2.05, 4.69) is 4.90 Å². The standard InChI is InChI=1S/C14H21NO2/c16-11-13-8-4-5-9-15(13)10-14(17)12-6-2-1-3-7-12/h1-3,6-7,13-14,16-17H,4-5,8-11H2/t13-,14+/m1/s1.